The predicted octanol–water partition coefficient (Wildman–Crippen LogP) is 1.60. The molecule has 88 valence electrons. The summed E-state index contributed by atoms with van der Waals surface area (Å²) in [6.07, 6.45) is 3.08. The second-order valence-electron chi connectivity index (χ2n) is 4.21. The van der Waals surface area contributed by atoms with Gasteiger partial charge in [0.25, 0.3) is 0 Å². The molecule has 0 radical (unpaired) electrons. The van der Waals surface area contributed by atoms with Crippen LogP contribution in [0.15, 0.2) is 15.8 Å². The van der Waals surface area contributed by atoms with E-state index in [4.69, 9.17) is 0 Å². The number of nitrogens with zero attached hydrogens (tertiary/aromatic N) is 2. The van der Waals surface area contributed by atoms with Crippen LogP contribution in [0.2, 0.25) is 0 Å². The number of carbonyl (C=O) groups is 1. The Kier molecular flexibility index (Phi) is 4.05. The standard InChI is InChI=1S/C9H14BrN5O/c1-9(2,3)13-8(16)15-12-5-7-6(10)4-11-14-7/h4-5H,1-3H3,(H,11,14)(H2,13,15,16). The summed E-state index contributed by atoms with van der Waals surface area (Å²) in [4.78, 5) is 11.3. The van der Waals surface area contributed by atoms with Crippen LogP contribution < -0.4 is 10.7 Å². The Hall–Kier alpha value is -1.37. The smallest absolute Gasteiger partial charge is 0.332 e. The van der Waals surface area contributed by atoms with Gasteiger partial charge >= 0.3 is 6.03 Å². The first-order valence-electron chi connectivity index (χ1n) is 4.68. The van der Waals surface area contributed by atoms with Crippen LogP contribution in [0.25, 0.3) is 0 Å². The Labute approximate surface area is 102 Å². The lowest BCUT2D eigenvalue weighted by molar-refractivity contribution is 0.232. The molecule has 1 aromatic heterocycles. The van der Waals surface area contributed by atoms with Gasteiger partial charge in [-0.1, -0.05) is 0 Å². The third-order valence-corrected chi connectivity index (χ3v) is 2.10. The average Bonchev–Trinajstić information content (AvgIpc) is 2.48. The lowest BCUT2D eigenvalue weighted by atomic mass is 10.1. The van der Waals surface area contributed by atoms with Crippen molar-refractivity contribution in [2.45, 2.75) is 26.3 Å². The molecule has 0 aromatic carbocycles. The number of urea groups is 1. The van der Waals surface area contributed by atoms with Gasteiger partial charge in [-0.05, 0) is 36.7 Å². The van der Waals surface area contributed by atoms with Gasteiger partial charge in [0.2, 0.25) is 0 Å². The average molecular weight is 288 g/mol. The maximum Gasteiger partial charge on any atom is 0.335 e. The van der Waals surface area contributed by atoms with Gasteiger partial charge < -0.3 is 5.32 Å². The van der Waals surface area contributed by atoms with Crippen LogP contribution in [-0.2, 0) is 0 Å². The molecule has 1 heterocycles. The lowest BCUT2D eigenvalue weighted by Gasteiger charge is -2.19. The SMILES string of the molecule is CC(C)(C)NC(=O)NN=Cc1[nH]ncc1Br. The zero-order valence-corrected chi connectivity index (χ0v) is 10.9. The van der Waals surface area contributed by atoms with E-state index >= 15 is 0 Å². The van der Waals surface area contributed by atoms with Gasteiger partial charge in [0.05, 0.1) is 22.6 Å². The van der Waals surface area contributed by atoms with E-state index < -0.39 is 0 Å². The van der Waals surface area contributed by atoms with Crippen LogP contribution in [0.4, 0.5) is 4.79 Å². The van der Waals surface area contributed by atoms with Crippen LogP contribution in [-0.4, -0.2) is 28.0 Å². The molecule has 0 aliphatic carbocycles. The van der Waals surface area contributed by atoms with Gasteiger partial charge in [-0.2, -0.15) is 10.2 Å². The van der Waals surface area contributed by atoms with Crippen molar-refractivity contribution in [2.24, 2.45) is 5.10 Å². The van der Waals surface area contributed by atoms with E-state index in [9.17, 15) is 4.79 Å². The highest BCUT2D eigenvalue weighted by molar-refractivity contribution is 9.10. The van der Waals surface area contributed by atoms with E-state index in [-0.39, 0.29) is 11.6 Å². The zero-order valence-electron chi connectivity index (χ0n) is 9.34. The molecule has 3 N–H and O–H groups in total. The summed E-state index contributed by atoms with van der Waals surface area (Å²) in [7, 11) is 0. The number of amides is 2. The minimum Gasteiger partial charge on any atom is -0.332 e. The predicted molar refractivity (Wildman–Crippen MR) is 65.3 cm³/mol. The monoisotopic (exact) mass is 287 g/mol. The maximum atomic E-state index is 11.3. The molecule has 2 amide bonds. The molecule has 0 spiro atoms. The minimum atomic E-state index is -0.348. The van der Waals surface area contributed by atoms with Crippen molar-refractivity contribution < 1.29 is 4.79 Å². The number of aromatic amines is 1. The van der Waals surface area contributed by atoms with E-state index in [2.05, 4.69) is 42.0 Å². The summed E-state index contributed by atoms with van der Waals surface area (Å²) in [5, 5.41) is 13.0. The Morgan fingerprint density at radius 2 is 2.31 bits per heavy atom. The molecule has 0 saturated carbocycles. The fraction of sp³-hybridized carbons (Fsp3) is 0.444. The molecule has 0 fully saturated rings. The number of rotatable bonds is 2. The Morgan fingerprint density at radius 3 is 2.81 bits per heavy atom. The molecule has 1 rings (SSSR count). The normalized spacial score (nSPS) is 11.8. The lowest BCUT2D eigenvalue weighted by Crippen LogP contribution is -2.44. The topological polar surface area (TPSA) is 82.2 Å². The molecule has 7 heteroatoms. The summed E-state index contributed by atoms with van der Waals surface area (Å²) in [6.45, 7) is 5.67. The van der Waals surface area contributed by atoms with E-state index in [0.717, 1.165) is 4.47 Å². The van der Waals surface area contributed by atoms with E-state index in [1.165, 1.54) is 6.21 Å². The van der Waals surface area contributed by atoms with Gasteiger partial charge in [-0.15, -0.1) is 0 Å². The van der Waals surface area contributed by atoms with E-state index in [0.29, 0.717) is 5.69 Å². The Bertz CT molecular complexity index is 393. The van der Waals surface area contributed by atoms with Crippen LogP contribution in [0.3, 0.4) is 0 Å². The first-order valence-corrected chi connectivity index (χ1v) is 5.48. The number of hydrogen-bond acceptors (Lipinski definition) is 3. The van der Waals surface area contributed by atoms with Crippen molar-refractivity contribution in [3.05, 3.63) is 16.4 Å². The second-order valence-corrected chi connectivity index (χ2v) is 5.06. The zero-order chi connectivity index (χ0) is 12.2. The molecule has 0 aliphatic rings. The molecule has 6 nitrogen and oxygen atoms in total. The van der Waals surface area contributed by atoms with Crippen LogP contribution >= 0.6 is 15.9 Å². The molecule has 0 bridgehead atoms. The van der Waals surface area contributed by atoms with Gasteiger partial charge in [-0.25, -0.2) is 10.2 Å². The largest absolute Gasteiger partial charge is 0.335 e. The number of nitrogens with one attached hydrogen (secondary N) is 3. The van der Waals surface area contributed by atoms with Crippen molar-refractivity contribution in [3.63, 3.8) is 0 Å². The fourth-order valence-electron chi connectivity index (χ4n) is 0.896. The highest BCUT2D eigenvalue weighted by atomic mass is 79.9. The quantitative estimate of drug-likeness (QED) is 0.570. The molecular formula is C9H14BrN5O. The molecule has 0 aliphatic heterocycles. The van der Waals surface area contributed by atoms with Crippen molar-refractivity contribution in [3.8, 4) is 0 Å². The van der Waals surface area contributed by atoms with Gasteiger partial charge in [0, 0.05) is 5.54 Å². The van der Waals surface area contributed by atoms with Crippen molar-refractivity contribution in [2.75, 3.05) is 0 Å². The highest BCUT2D eigenvalue weighted by Gasteiger charge is 2.12. The fourth-order valence-corrected chi connectivity index (χ4v) is 1.19. The summed E-state index contributed by atoms with van der Waals surface area (Å²) >= 11 is 3.27. The third-order valence-electron chi connectivity index (χ3n) is 1.47. The van der Waals surface area contributed by atoms with Gasteiger partial charge in [0.15, 0.2) is 0 Å². The van der Waals surface area contributed by atoms with Crippen LogP contribution in [0.1, 0.15) is 26.5 Å². The van der Waals surface area contributed by atoms with Crippen molar-refractivity contribution >= 4 is 28.2 Å². The molecule has 1 aromatic rings. The number of hydrazone groups is 1. The molecule has 0 unspecified atom stereocenters. The van der Waals surface area contributed by atoms with Gasteiger partial charge in [-0.3, -0.25) is 5.10 Å². The first-order chi connectivity index (χ1) is 7.38. The molecule has 0 atom stereocenters. The Balaban J connectivity index is 2.44. The number of hydrogen-bond donors (Lipinski definition) is 3. The number of aromatic nitrogens is 2. The summed E-state index contributed by atoms with van der Waals surface area (Å²) in [6, 6.07) is -0.348. The minimum absolute atomic E-state index is 0.284. The van der Waals surface area contributed by atoms with Gasteiger partial charge in [0.1, 0.15) is 0 Å². The number of H-pyrrole nitrogens is 1. The van der Waals surface area contributed by atoms with Crippen molar-refractivity contribution in [1.82, 2.24) is 20.9 Å². The van der Waals surface area contributed by atoms with Crippen molar-refractivity contribution in [1.29, 1.82) is 0 Å². The van der Waals surface area contributed by atoms with E-state index in [1.54, 1.807) is 6.20 Å². The number of carbonyl (C=O) groups excluding carboxylic acids is 1. The summed E-state index contributed by atoms with van der Waals surface area (Å²) < 4.78 is 0.786. The first kappa shape index (κ1) is 12.7. The maximum absolute atomic E-state index is 11.3. The second kappa shape index (κ2) is 5.11. The van der Waals surface area contributed by atoms with E-state index in [1.807, 2.05) is 20.8 Å². The highest BCUT2D eigenvalue weighted by Crippen LogP contribution is 2.09. The third kappa shape index (κ3) is 4.43. The molecule has 16 heavy (non-hydrogen) atoms. The number of halogens is 1. The molecule has 0 saturated heterocycles. The Morgan fingerprint density at radius 1 is 1.62 bits per heavy atom. The molecular weight excluding hydrogens is 274 g/mol. The summed E-state index contributed by atoms with van der Waals surface area (Å²) in [5.41, 5.74) is 2.76. The van der Waals surface area contributed by atoms with Crippen LogP contribution in [0.5, 0.6) is 0 Å². The van der Waals surface area contributed by atoms with Crippen LogP contribution in [0, 0.1) is 0 Å². The summed E-state index contributed by atoms with van der Waals surface area (Å²) in [5.74, 6) is 0.